The lowest BCUT2D eigenvalue weighted by molar-refractivity contribution is 0.0696. The fourth-order valence-corrected chi connectivity index (χ4v) is 1.53. The minimum Gasteiger partial charge on any atom is -0.478 e. The summed E-state index contributed by atoms with van der Waals surface area (Å²) in [7, 11) is 0. The Kier molecular flexibility index (Phi) is 3.43. The third kappa shape index (κ3) is 2.76. The smallest absolute Gasteiger partial charge is 0.337 e. The van der Waals surface area contributed by atoms with Crippen LogP contribution in [-0.2, 0) is 6.54 Å². The van der Waals surface area contributed by atoms with Crippen LogP contribution >= 0.6 is 0 Å². The van der Waals surface area contributed by atoms with Crippen molar-refractivity contribution in [2.75, 3.05) is 11.1 Å². The Morgan fingerprint density at radius 1 is 1.33 bits per heavy atom. The van der Waals surface area contributed by atoms with E-state index in [1.165, 1.54) is 12.3 Å². The number of nitrogens with zero attached hydrogens (tertiary/aromatic N) is 1. The predicted molar refractivity (Wildman–Crippen MR) is 69.4 cm³/mol. The molecule has 5 nitrogen and oxygen atoms in total. The van der Waals surface area contributed by atoms with Crippen LogP contribution in [0.25, 0.3) is 0 Å². The first-order valence-electron chi connectivity index (χ1n) is 5.43. The van der Waals surface area contributed by atoms with E-state index in [1.807, 2.05) is 30.3 Å². The molecule has 0 aliphatic rings. The molecule has 4 N–H and O–H groups in total. The maximum absolute atomic E-state index is 10.7. The summed E-state index contributed by atoms with van der Waals surface area (Å²) in [5.41, 5.74) is 7.24. The molecule has 2 rings (SSSR count). The van der Waals surface area contributed by atoms with E-state index in [0.29, 0.717) is 18.1 Å². The number of nitrogens with one attached hydrogen (secondary N) is 1. The van der Waals surface area contributed by atoms with Crippen molar-refractivity contribution < 1.29 is 9.90 Å². The summed E-state index contributed by atoms with van der Waals surface area (Å²) < 4.78 is 0. The lowest BCUT2D eigenvalue weighted by atomic mass is 10.2. The Morgan fingerprint density at radius 2 is 2.06 bits per heavy atom. The summed E-state index contributed by atoms with van der Waals surface area (Å²) >= 11 is 0. The highest BCUT2D eigenvalue weighted by molar-refractivity contribution is 5.89. The van der Waals surface area contributed by atoms with Crippen LogP contribution in [0.3, 0.4) is 0 Å². The fourth-order valence-electron chi connectivity index (χ4n) is 1.53. The van der Waals surface area contributed by atoms with E-state index in [0.717, 1.165) is 5.56 Å². The third-order valence-corrected chi connectivity index (χ3v) is 2.47. The minimum atomic E-state index is -1.04. The molecule has 0 saturated carbocycles. The van der Waals surface area contributed by atoms with Crippen LogP contribution in [-0.4, -0.2) is 16.1 Å². The Hall–Kier alpha value is -2.56. The molecule has 0 amide bonds. The maximum atomic E-state index is 10.7. The molecule has 0 fully saturated rings. The van der Waals surface area contributed by atoms with Gasteiger partial charge in [-0.2, -0.15) is 0 Å². The molecule has 18 heavy (non-hydrogen) atoms. The van der Waals surface area contributed by atoms with E-state index in [9.17, 15) is 4.79 Å². The number of aromatic carboxylic acids is 1. The van der Waals surface area contributed by atoms with Crippen LogP contribution in [0.1, 0.15) is 15.9 Å². The fraction of sp³-hybridized carbons (Fsp3) is 0.0769. The van der Waals surface area contributed by atoms with Gasteiger partial charge in [-0.1, -0.05) is 30.3 Å². The van der Waals surface area contributed by atoms with Gasteiger partial charge in [-0.05, 0) is 11.6 Å². The molecule has 1 heterocycles. The molecule has 0 spiro atoms. The first-order valence-corrected chi connectivity index (χ1v) is 5.43. The highest BCUT2D eigenvalue weighted by atomic mass is 16.4. The number of anilines is 2. The van der Waals surface area contributed by atoms with Crippen LogP contribution in [0.4, 0.5) is 11.5 Å². The number of pyridine rings is 1. The first-order chi connectivity index (χ1) is 8.66. The van der Waals surface area contributed by atoms with Crippen molar-refractivity contribution in [3.05, 3.63) is 53.7 Å². The number of carboxylic acid groups (broad SMARTS) is 1. The second kappa shape index (κ2) is 5.18. The zero-order chi connectivity index (χ0) is 13.0. The van der Waals surface area contributed by atoms with Gasteiger partial charge >= 0.3 is 5.97 Å². The van der Waals surface area contributed by atoms with Crippen molar-refractivity contribution >= 4 is 17.5 Å². The van der Waals surface area contributed by atoms with Crippen molar-refractivity contribution in [3.63, 3.8) is 0 Å². The van der Waals surface area contributed by atoms with Crippen molar-refractivity contribution in [3.8, 4) is 0 Å². The van der Waals surface area contributed by atoms with E-state index in [-0.39, 0.29) is 5.56 Å². The zero-order valence-electron chi connectivity index (χ0n) is 9.63. The number of rotatable bonds is 4. The van der Waals surface area contributed by atoms with Crippen molar-refractivity contribution in [2.45, 2.75) is 6.54 Å². The largest absolute Gasteiger partial charge is 0.478 e. The highest BCUT2D eigenvalue weighted by Gasteiger charge is 2.07. The maximum Gasteiger partial charge on any atom is 0.337 e. The molecule has 0 saturated heterocycles. The van der Waals surface area contributed by atoms with Gasteiger partial charge in [0.15, 0.2) is 0 Å². The molecule has 2 aromatic rings. The quantitative estimate of drug-likeness (QED) is 0.764. The van der Waals surface area contributed by atoms with Gasteiger partial charge < -0.3 is 16.2 Å². The highest BCUT2D eigenvalue weighted by Crippen LogP contribution is 2.17. The molecular weight excluding hydrogens is 230 g/mol. The predicted octanol–water partition coefficient (Wildman–Crippen LogP) is 1.97. The van der Waals surface area contributed by atoms with Gasteiger partial charge in [0, 0.05) is 12.7 Å². The van der Waals surface area contributed by atoms with Crippen LogP contribution < -0.4 is 11.1 Å². The molecule has 1 aromatic heterocycles. The number of carbonyl (C=O) groups is 1. The average Bonchev–Trinajstić information content (AvgIpc) is 2.38. The molecule has 0 bridgehead atoms. The van der Waals surface area contributed by atoms with Gasteiger partial charge in [0.1, 0.15) is 5.82 Å². The van der Waals surface area contributed by atoms with Crippen molar-refractivity contribution in [1.29, 1.82) is 0 Å². The van der Waals surface area contributed by atoms with E-state index >= 15 is 0 Å². The SMILES string of the molecule is Nc1cc(C(=O)O)cnc1NCc1ccccc1. The van der Waals surface area contributed by atoms with Gasteiger partial charge in [-0.3, -0.25) is 0 Å². The number of aromatic nitrogens is 1. The molecule has 5 heteroatoms. The van der Waals surface area contributed by atoms with E-state index < -0.39 is 5.97 Å². The molecule has 0 radical (unpaired) electrons. The molecular formula is C13H13N3O2. The lowest BCUT2D eigenvalue weighted by Gasteiger charge is -2.08. The second-order valence-electron chi connectivity index (χ2n) is 3.81. The van der Waals surface area contributed by atoms with Crippen LogP contribution in [0, 0.1) is 0 Å². The molecule has 92 valence electrons. The lowest BCUT2D eigenvalue weighted by Crippen LogP contribution is -2.06. The zero-order valence-corrected chi connectivity index (χ0v) is 9.63. The van der Waals surface area contributed by atoms with E-state index in [1.54, 1.807) is 0 Å². The summed E-state index contributed by atoms with van der Waals surface area (Å²) in [6.45, 7) is 0.588. The molecule has 0 aliphatic carbocycles. The molecule has 0 atom stereocenters. The van der Waals surface area contributed by atoms with Crippen LogP contribution in [0.15, 0.2) is 42.6 Å². The third-order valence-electron chi connectivity index (χ3n) is 2.47. The summed E-state index contributed by atoms with van der Waals surface area (Å²) in [5.74, 6) is -0.548. The van der Waals surface area contributed by atoms with E-state index in [4.69, 9.17) is 10.8 Å². The topological polar surface area (TPSA) is 88.2 Å². The summed E-state index contributed by atoms with van der Waals surface area (Å²) in [6, 6.07) is 11.2. The summed E-state index contributed by atoms with van der Waals surface area (Å²) in [6.07, 6.45) is 1.28. The second-order valence-corrected chi connectivity index (χ2v) is 3.81. The standard InChI is InChI=1S/C13H13N3O2/c14-11-6-10(13(17)18)8-16-12(11)15-7-9-4-2-1-3-5-9/h1-6,8H,7,14H2,(H,15,16)(H,17,18). The van der Waals surface area contributed by atoms with Crippen LogP contribution in [0.2, 0.25) is 0 Å². The normalized spacial score (nSPS) is 10.0. The molecule has 1 aromatic carbocycles. The monoisotopic (exact) mass is 243 g/mol. The van der Waals surface area contributed by atoms with Gasteiger partial charge in [0.2, 0.25) is 0 Å². The minimum absolute atomic E-state index is 0.0813. The Morgan fingerprint density at radius 3 is 2.67 bits per heavy atom. The van der Waals surface area contributed by atoms with Crippen molar-refractivity contribution in [2.24, 2.45) is 0 Å². The average molecular weight is 243 g/mol. The van der Waals surface area contributed by atoms with Crippen molar-refractivity contribution in [1.82, 2.24) is 4.98 Å². The van der Waals surface area contributed by atoms with Gasteiger partial charge in [0.05, 0.1) is 11.3 Å². The Balaban J connectivity index is 2.08. The van der Waals surface area contributed by atoms with Crippen LogP contribution in [0.5, 0.6) is 0 Å². The molecule has 0 unspecified atom stereocenters. The number of benzene rings is 1. The number of nitrogens with two attached hydrogens (primary N) is 1. The Labute approximate surface area is 104 Å². The number of carboxylic acids is 1. The summed E-state index contributed by atoms with van der Waals surface area (Å²) in [4.78, 5) is 14.7. The number of hydrogen-bond donors (Lipinski definition) is 3. The Bertz CT molecular complexity index is 555. The van der Waals surface area contributed by atoms with Gasteiger partial charge in [-0.25, -0.2) is 9.78 Å². The first kappa shape index (κ1) is 11.9. The van der Waals surface area contributed by atoms with Gasteiger partial charge in [0.25, 0.3) is 0 Å². The number of hydrogen-bond acceptors (Lipinski definition) is 4. The van der Waals surface area contributed by atoms with E-state index in [2.05, 4.69) is 10.3 Å². The van der Waals surface area contributed by atoms with Gasteiger partial charge in [-0.15, -0.1) is 0 Å². The molecule has 0 aliphatic heterocycles. The number of nitrogen functional groups attached to an aromatic ring is 1. The summed E-state index contributed by atoms with van der Waals surface area (Å²) in [5, 5.41) is 11.9.